The lowest BCUT2D eigenvalue weighted by molar-refractivity contribution is -0.895. The molecule has 0 heterocycles. The highest BCUT2D eigenvalue weighted by atomic mass is 16.3. The first-order valence-electron chi connectivity index (χ1n) is 5.02. The van der Waals surface area contributed by atoms with E-state index >= 15 is 0 Å². The summed E-state index contributed by atoms with van der Waals surface area (Å²) in [7, 11) is 4.29. The van der Waals surface area contributed by atoms with Gasteiger partial charge in [0, 0.05) is 0 Å². The summed E-state index contributed by atoms with van der Waals surface area (Å²) in [6.07, 6.45) is 5.20. The van der Waals surface area contributed by atoms with Crippen molar-refractivity contribution in [1.29, 1.82) is 0 Å². The molecule has 0 aliphatic heterocycles. The fourth-order valence-electron chi connectivity index (χ4n) is 1.33. The van der Waals surface area contributed by atoms with Gasteiger partial charge in [-0.05, 0) is 12.8 Å². The van der Waals surface area contributed by atoms with Crippen molar-refractivity contribution in [2.75, 3.05) is 33.8 Å². The van der Waals surface area contributed by atoms with Gasteiger partial charge in [0.25, 0.3) is 0 Å². The molecule has 0 aromatic rings. The van der Waals surface area contributed by atoms with Gasteiger partial charge in [-0.25, -0.2) is 0 Å². The van der Waals surface area contributed by atoms with Gasteiger partial charge in [-0.15, -0.1) is 0 Å². The van der Waals surface area contributed by atoms with E-state index in [1.807, 2.05) is 0 Å². The zero-order valence-electron chi connectivity index (χ0n) is 8.81. The van der Waals surface area contributed by atoms with Gasteiger partial charge in [0.2, 0.25) is 0 Å². The zero-order valence-corrected chi connectivity index (χ0v) is 8.81. The van der Waals surface area contributed by atoms with E-state index in [2.05, 4.69) is 21.0 Å². The third-order valence-electron chi connectivity index (χ3n) is 2.31. The molecule has 0 aliphatic rings. The minimum absolute atomic E-state index is 0.0563. The lowest BCUT2D eigenvalue weighted by atomic mass is 10.2. The van der Waals surface area contributed by atoms with Crippen LogP contribution in [-0.4, -0.2) is 38.3 Å². The number of quaternary nitrogens is 1. The van der Waals surface area contributed by atoms with Crippen molar-refractivity contribution < 1.29 is 9.59 Å². The normalized spacial score (nSPS) is 12.0. The summed E-state index contributed by atoms with van der Waals surface area (Å²) in [5.41, 5.74) is 0. The van der Waals surface area contributed by atoms with Crippen molar-refractivity contribution >= 4 is 0 Å². The SMILES string of the molecule is CCCCCC[N+](C)(C)CC[O-]. The smallest absolute Gasteiger partial charge is 0.0782 e. The van der Waals surface area contributed by atoms with Crippen LogP contribution in [0, 0.1) is 0 Å². The first kappa shape index (κ1) is 11.9. The van der Waals surface area contributed by atoms with Gasteiger partial charge < -0.3 is 9.59 Å². The number of unbranched alkanes of at least 4 members (excludes halogenated alkanes) is 3. The molecule has 0 aliphatic carbocycles. The summed E-state index contributed by atoms with van der Waals surface area (Å²) < 4.78 is 0.896. The lowest BCUT2D eigenvalue weighted by Gasteiger charge is -2.31. The standard InChI is InChI=1S/C10H23NO/c1-4-5-6-7-8-11(2,3)9-10-12/h4-10H2,1-3H3. The molecule has 12 heavy (non-hydrogen) atoms. The van der Waals surface area contributed by atoms with E-state index in [1.54, 1.807) is 0 Å². The molecule has 0 saturated carbocycles. The van der Waals surface area contributed by atoms with E-state index < -0.39 is 0 Å². The summed E-state index contributed by atoms with van der Waals surface area (Å²) in [6, 6.07) is 0. The largest absolute Gasteiger partial charge is 0.850 e. The quantitative estimate of drug-likeness (QED) is 0.416. The predicted octanol–water partition coefficient (Wildman–Crippen LogP) is 1.00. The summed E-state index contributed by atoms with van der Waals surface area (Å²) in [4.78, 5) is 0. The Hall–Kier alpha value is -0.0800. The van der Waals surface area contributed by atoms with Crippen molar-refractivity contribution in [1.82, 2.24) is 0 Å². The summed E-state index contributed by atoms with van der Waals surface area (Å²) >= 11 is 0. The topological polar surface area (TPSA) is 23.1 Å². The van der Waals surface area contributed by atoms with Crippen LogP contribution in [0.15, 0.2) is 0 Å². The fraction of sp³-hybridized carbons (Fsp3) is 1.00. The molecule has 0 aromatic heterocycles. The van der Waals surface area contributed by atoms with Crippen LogP contribution in [0.25, 0.3) is 0 Å². The van der Waals surface area contributed by atoms with E-state index in [4.69, 9.17) is 0 Å². The maximum absolute atomic E-state index is 10.4. The second kappa shape index (κ2) is 6.44. The van der Waals surface area contributed by atoms with Crippen LogP contribution >= 0.6 is 0 Å². The maximum Gasteiger partial charge on any atom is 0.0782 e. The first-order valence-corrected chi connectivity index (χ1v) is 5.02. The third-order valence-corrected chi connectivity index (χ3v) is 2.31. The van der Waals surface area contributed by atoms with Crippen molar-refractivity contribution in [2.45, 2.75) is 32.6 Å². The van der Waals surface area contributed by atoms with Crippen LogP contribution in [0.3, 0.4) is 0 Å². The number of hydrogen-bond donors (Lipinski definition) is 0. The molecule has 0 N–H and O–H groups in total. The van der Waals surface area contributed by atoms with E-state index in [0.29, 0.717) is 0 Å². The van der Waals surface area contributed by atoms with Crippen molar-refractivity contribution in [3.63, 3.8) is 0 Å². The lowest BCUT2D eigenvalue weighted by Crippen LogP contribution is -2.44. The van der Waals surface area contributed by atoms with Crippen LogP contribution in [0.1, 0.15) is 32.6 Å². The highest BCUT2D eigenvalue weighted by molar-refractivity contribution is 4.40. The first-order chi connectivity index (χ1) is 5.62. The third kappa shape index (κ3) is 6.62. The van der Waals surface area contributed by atoms with Gasteiger partial charge >= 0.3 is 0 Å². The molecule has 0 bridgehead atoms. The Bertz CT molecular complexity index is 102. The molecule has 0 spiro atoms. The number of hydrogen-bond acceptors (Lipinski definition) is 1. The molecule has 0 unspecified atom stereocenters. The molecule has 0 atom stereocenters. The molecular weight excluding hydrogens is 150 g/mol. The summed E-state index contributed by atoms with van der Waals surface area (Å²) in [6.45, 7) is 4.20. The highest BCUT2D eigenvalue weighted by Crippen LogP contribution is 2.04. The van der Waals surface area contributed by atoms with Gasteiger partial charge in [-0.3, -0.25) is 0 Å². The molecular formula is C10H23NO. The summed E-state index contributed by atoms with van der Waals surface area (Å²) in [5.74, 6) is 0. The molecule has 2 nitrogen and oxygen atoms in total. The van der Waals surface area contributed by atoms with E-state index in [9.17, 15) is 5.11 Å². The Labute approximate surface area is 76.8 Å². The van der Waals surface area contributed by atoms with Gasteiger partial charge in [0.1, 0.15) is 0 Å². The zero-order chi connectivity index (χ0) is 9.45. The van der Waals surface area contributed by atoms with E-state index in [1.165, 1.54) is 25.7 Å². The van der Waals surface area contributed by atoms with Crippen LogP contribution < -0.4 is 5.11 Å². The fourth-order valence-corrected chi connectivity index (χ4v) is 1.33. The highest BCUT2D eigenvalue weighted by Gasteiger charge is 2.10. The molecule has 0 fully saturated rings. The van der Waals surface area contributed by atoms with Crippen molar-refractivity contribution in [3.05, 3.63) is 0 Å². The van der Waals surface area contributed by atoms with Crippen molar-refractivity contribution in [3.8, 4) is 0 Å². The number of rotatable bonds is 7. The summed E-state index contributed by atoms with van der Waals surface area (Å²) in [5, 5.41) is 10.4. The Morgan fingerprint density at radius 1 is 1.00 bits per heavy atom. The Morgan fingerprint density at radius 2 is 1.67 bits per heavy atom. The van der Waals surface area contributed by atoms with Crippen molar-refractivity contribution in [2.24, 2.45) is 0 Å². The van der Waals surface area contributed by atoms with Gasteiger partial charge in [-0.2, -0.15) is 0 Å². The monoisotopic (exact) mass is 173 g/mol. The maximum atomic E-state index is 10.4. The van der Waals surface area contributed by atoms with Crippen LogP contribution in [-0.2, 0) is 0 Å². The minimum Gasteiger partial charge on any atom is -0.850 e. The van der Waals surface area contributed by atoms with E-state index in [-0.39, 0.29) is 6.61 Å². The molecule has 2 heteroatoms. The van der Waals surface area contributed by atoms with Gasteiger partial charge in [0.15, 0.2) is 0 Å². The molecule has 0 radical (unpaired) electrons. The second-order valence-corrected chi connectivity index (χ2v) is 4.15. The number of likely N-dealkylation sites (N-methyl/N-ethyl adjacent to an activating group) is 1. The molecule has 0 aromatic carbocycles. The molecule has 0 amide bonds. The molecule has 74 valence electrons. The Morgan fingerprint density at radius 3 is 2.17 bits per heavy atom. The van der Waals surface area contributed by atoms with Crippen LogP contribution in [0.5, 0.6) is 0 Å². The van der Waals surface area contributed by atoms with E-state index in [0.717, 1.165) is 17.6 Å². The Kier molecular flexibility index (Phi) is 6.39. The molecule has 0 rings (SSSR count). The Balaban J connectivity index is 3.33. The molecule has 0 saturated heterocycles. The average molecular weight is 173 g/mol. The van der Waals surface area contributed by atoms with Gasteiger partial charge in [0.05, 0.1) is 27.2 Å². The van der Waals surface area contributed by atoms with Gasteiger partial charge in [-0.1, -0.05) is 26.4 Å². The average Bonchev–Trinajstić information content (AvgIpc) is 1.98. The second-order valence-electron chi connectivity index (χ2n) is 4.15. The predicted molar refractivity (Wildman–Crippen MR) is 50.9 cm³/mol. The number of nitrogens with zero attached hydrogens (tertiary/aromatic N) is 1. The van der Waals surface area contributed by atoms with Crippen LogP contribution in [0.4, 0.5) is 0 Å². The van der Waals surface area contributed by atoms with Crippen LogP contribution in [0.2, 0.25) is 0 Å². The minimum atomic E-state index is 0.0563.